The number of fused-ring (bicyclic) bond motifs is 5. The van der Waals surface area contributed by atoms with E-state index >= 15 is 0 Å². The van der Waals surface area contributed by atoms with Crippen molar-refractivity contribution in [3.05, 3.63) is 23.8 Å². The third-order valence-electron chi connectivity index (χ3n) is 9.19. The quantitative estimate of drug-likeness (QED) is 0.521. The maximum absolute atomic E-state index is 10.1. The van der Waals surface area contributed by atoms with Gasteiger partial charge < -0.3 is 5.11 Å². The highest BCUT2D eigenvalue weighted by Crippen LogP contribution is 2.64. The second-order valence-electron chi connectivity index (χ2n) is 11.1. The molecule has 0 aromatic heterocycles. The summed E-state index contributed by atoms with van der Waals surface area (Å²) < 4.78 is 0. The van der Waals surface area contributed by atoms with Crippen molar-refractivity contribution in [1.29, 1.82) is 0 Å². The highest BCUT2D eigenvalue weighted by atomic mass is 16.3. The zero-order valence-electron chi connectivity index (χ0n) is 18.1. The standard InChI is InChI=1S/C26H42O/c1-17(2)6-5-7-18(3)24-12-13-25-23-10-8-19-16-20(27)9-11-21(19)22(23)14-15-26(24,25)4/h8,17,20-25,27H,3,5-7,9-16H2,1-2,4H3/t20-,21?,22?,23?,24+,25?,26+/m0/s1. The van der Waals surface area contributed by atoms with Crippen molar-refractivity contribution in [2.24, 2.45) is 40.9 Å². The van der Waals surface area contributed by atoms with Crippen LogP contribution in [-0.2, 0) is 0 Å². The lowest BCUT2D eigenvalue weighted by molar-refractivity contribution is -0.0125. The summed E-state index contributed by atoms with van der Waals surface area (Å²) >= 11 is 0. The van der Waals surface area contributed by atoms with Crippen LogP contribution in [0, 0.1) is 40.9 Å². The number of hydrogen-bond donors (Lipinski definition) is 1. The van der Waals surface area contributed by atoms with Crippen LogP contribution in [0.3, 0.4) is 0 Å². The minimum atomic E-state index is -0.0667. The van der Waals surface area contributed by atoms with E-state index in [1.165, 1.54) is 57.8 Å². The number of allylic oxidation sites excluding steroid dienone is 2. The van der Waals surface area contributed by atoms with Crippen LogP contribution < -0.4 is 0 Å². The van der Waals surface area contributed by atoms with Gasteiger partial charge in [-0.15, -0.1) is 0 Å². The molecule has 3 saturated carbocycles. The molecule has 7 atom stereocenters. The van der Waals surface area contributed by atoms with Crippen molar-refractivity contribution >= 4 is 0 Å². The Bertz CT molecular complexity index is 587. The Hall–Kier alpha value is -0.560. The van der Waals surface area contributed by atoms with Gasteiger partial charge in [0.15, 0.2) is 0 Å². The summed E-state index contributed by atoms with van der Waals surface area (Å²) in [5.74, 6) is 5.11. The third-order valence-corrected chi connectivity index (χ3v) is 9.19. The van der Waals surface area contributed by atoms with E-state index in [0.29, 0.717) is 5.41 Å². The number of aliphatic hydroxyl groups is 1. The Labute approximate surface area is 167 Å². The zero-order valence-corrected chi connectivity index (χ0v) is 18.1. The molecule has 0 bridgehead atoms. The van der Waals surface area contributed by atoms with Gasteiger partial charge in [-0.1, -0.05) is 51.0 Å². The van der Waals surface area contributed by atoms with E-state index in [9.17, 15) is 5.11 Å². The van der Waals surface area contributed by atoms with Crippen LogP contribution in [0.15, 0.2) is 23.8 Å². The first-order valence-electron chi connectivity index (χ1n) is 11.9. The van der Waals surface area contributed by atoms with Crippen LogP contribution in [0.1, 0.15) is 91.4 Å². The molecule has 4 aliphatic carbocycles. The molecule has 0 saturated heterocycles. The summed E-state index contributed by atoms with van der Waals surface area (Å²) in [6.07, 6.45) is 16.6. The first-order valence-corrected chi connectivity index (χ1v) is 11.9. The Morgan fingerprint density at radius 2 is 2.00 bits per heavy atom. The predicted molar refractivity (Wildman–Crippen MR) is 114 cm³/mol. The average Bonchev–Trinajstić information content (AvgIpc) is 2.98. The molecule has 0 amide bonds. The van der Waals surface area contributed by atoms with Gasteiger partial charge in [-0.25, -0.2) is 0 Å². The Morgan fingerprint density at radius 1 is 1.19 bits per heavy atom. The molecule has 1 heteroatoms. The van der Waals surface area contributed by atoms with Gasteiger partial charge >= 0.3 is 0 Å². The molecule has 27 heavy (non-hydrogen) atoms. The van der Waals surface area contributed by atoms with Gasteiger partial charge in [-0.05, 0) is 105 Å². The Balaban J connectivity index is 1.46. The van der Waals surface area contributed by atoms with Gasteiger partial charge in [-0.3, -0.25) is 0 Å². The second kappa shape index (κ2) is 7.69. The maximum Gasteiger partial charge on any atom is 0.0577 e. The third kappa shape index (κ3) is 3.59. The predicted octanol–water partition coefficient (Wildman–Crippen LogP) is 6.92. The van der Waals surface area contributed by atoms with Crippen LogP contribution in [-0.4, -0.2) is 11.2 Å². The van der Waals surface area contributed by atoms with Crippen molar-refractivity contribution in [3.8, 4) is 0 Å². The van der Waals surface area contributed by atoms with E-state index in [4.69, 9.17) is 0 Å². The van der Waals surface area contributed by atoms with Gasteiger partial charge in [0.1, 0.15) is 0 Å². The topological polar surface area (TPSA) is 20.2 Å². The lowest BCUT2D eigenvalue weighted by Crippen LogP contribution is -2.46. The van der Waals surface area contributed by atoms with Gasteiger partial charge in [0.2, 0.25) is 0 Å². The molecule has 1 N–H and O–H groups in total. The van der Waals surface area contributed by atoms with E-state index in [1.54, 1.807) is 11.1 Å². The molecule has 152 valence electrons. The monoisotopic (exact) mass is 370 g/mol. The van der Waals surface area contributed by atoms with Crippen molar-refractivity contribution < 1.29 is 5.11 Å². The highest BCUT2D eigenvalue weighted by molar-refractivity contribution is 5.22. The molecule has 1 nitrogen and oxygen atoms in total. The molecule has 0 aromatic rings. The van der Waals surface area contributed by atoms with Crippen molar-refractivity contribution in [3.63, 3.8) is 0 Å². The lowest BCUT2D eigenvalue weighted by Gasteiger charge is -2.54. The Morgan fingerprint density at radius 3 is 2.78 bits per heavy atom. The van der Waals surface area contributed by atoms with Gasteiger partial charge in [0.25, 0.3) is 0 Å². The molecule has 3 fully saturated rings. The minimum Gasteiger partial charge on any atom is -0.393 e. The van der Waals surface area contributed by atoms with E-state index in [0.717, 1.165) is 48.3 Å². The summed E-state index contributed by atoms with van der Waals surface area (Å²) in [6, 6.07) is 0. The summed E-state index contributed by atoms with van der Waals surface area (Å²) in [7, 11) is 0. The Kier molecular flexibility index (Phi) is 5.63. The molecule has 0 heterocycles. The molecular formula is C26H42O. The molecule has 0 spiro atoms. The summed E-state index contributed by atoms with van der Waals surface area (Å²) in [6.45, 7) is 11.9. The van der Waals surface area contributed by atoms with E-state index in [1.807, 2.05) is 0 Å². The van der Waals surface area contributed by atoms with E-state index in [-0.39, 0.29) is 6.10 Å². The van der Waals surface area contributed by atoms with Gasteiger partial charge in [0, 0.05) is 0 Å². The smallest absolute Gasteiger partial charge is 0.0577 e. The van der Waals surface area contributed by atoms with Gasteiger partial charge in [-0.2, -0.15) is 0 Å². The van der Waals surface area contributed by atoms with Crippen molar-refractivity contribution in [1.82, 2.24) is 0 Å². The molecule has 4 unspecified atom stereocenters. The summed E-state index contributed by atoms with van der Waals surface area (Å²) in [5, 5.41) is 10.1. The molecule has 0 aliphatic heterocycles. The van der Waals surface area contributed by atoms with E-state index in [2.05, 4.69) is 33.4 Å². The van der Waals surface area contributed by atoms with E-state index < -0.39 is 0 Å². The normalized spacial score (nSPS) is 43.7. The largest absolute Gasteiger partial charge is 0.393 e. The fourth-order valence-electron chi connectivity index (χ4n) is 7.83. The molecule has 4 aliphatic rings. The zero-order chi connectivity index (χ0) is 19.2. The molecular weight excluding hydrogens is 328 g/mol. The first kappa shape index (κ1) is 19.7. The number of hydrogen-bond acceptors (Lipinski definition) is 1. The minimum absolute atomic E-state index is 0.0667. The number of aliphatic hydroxyl groups excluding tert-OH is 1. The SMILES string of the molecule is C=C(CCCC(C)C)[C@H]1CCC2C3CC=C4C[C@@H](O)CCC4C3CC[C@@]21C. The van der Waals surface area contributed by atoms with Crippen LogP contribution in [0.2, 0.25) is 0 Å². The fraction of sp³-hybridized carbons (Fsp3) is 0.846. The van der Waals surface area contributed by atoms with Crippen LogP contribution in [0.25, 0.3) is 0 Å². The second-order valence-corrected chi connectivity index (χ2v) is 11.1. The van der Waals surface area contributed by atoms with Crippen LogP contribution >= 0.6 is 0 Å². The lowest BCUT2D eigenvalue weighted by atomic mass is 9.51. The maximum atomic E-state index is 10.1. The van der Waals surface area contributed by atoms with Crippen molar-refractivity contribution in [2.75, 3.05) is 0 Å². The fourth-order valence-corrected chi connectivity index (χ4v) is 7.83. The first-order chi connectivity index (χ1) is 12.9. The summed E-state index contributed by atoms with van der Waals surface area (Å²) in [4.78, 5) is 0. The summed E-state index contributed by atoms with van der Waals surface area (Å²) in [5.41, 5.74) is 3.70. The number of rotatable bonds is 5. The van der Waals surface area contributed by atoms with Crippen LogP contribution in [0.4, 0.5) is 0 Å². The average molecular weight is 371 g/mol. The molecule has 0 radical (unpaired) electrons. The van der Waals surface area contributed by atoms with Crippen LogP contribution in [0.5, 0.6) is 0 Å². The molecule has 4 rings (SSSR count). The highest BCUT2D eigenvalue weighted by Gasteiger charge is 2.56. The molecule has 0 aromatic carbocycles. The van der Waals surface area contributed by atoms with Crippen molar-refractivity contribution in [2.45, 2.75) is 97.5 Å². The van der Waals surface area contributed by atoms with Gasteiger partial charge in [0.05, 0.1) is 6.10 Å².